The van der Waals surface area contributed by atoms with Crippen LogP contribution in [-0.4, -0.2) is 5.78 Å². The second-order valence-corrected chi connectivity index (χ2v) is 3.06. The monoisotopic (exact) mass is 172 g/mol. The Labute approximate surface area is 77.6 Å². The first-order valence-corrected chi connectivity index (χ1v) is 4.83. The molecule has 12 heavy (non-hydrogen) atoms. The zero-order chi connectivity index (χ0) is 8.53. The SMILES string of the molecule is C.CCCCCCCC(=O)CC. The van der Waals surface area contributed by atoms with Crippen LogP contribution in [0.3, 0.4) is 0 Å². The van der Waals surface area contributed by atoms with E-state index in [1.807, 2.05) is 6.92 Å². The minimum Gasteiger partial charge on any atom is -0.300 e. The average Bonchev–Trinajstić information content (AvgIpc) is 2.04. The lowest BCUT2D eigenvalue weighted by molar-refractivity contribution is -0.118. The summed E-state index contributed by atoms with van der Waals surface area (Å²) in [7, 11) is 0. The molecular weight excluding hydrogens is 148 g/mol. The molecule has 0 aromatic carbocycles. The van der Waals surface area contributed by atoms with Crippen LogP contribution in [0.25, 0.3) is 0 Å². The van der Waals surface area contributed by atoms with E-state index in [9.17, 15) is 4.79 Å². The Balaban J connectivity index is 0. The van der Waals surface area contributed by atoms with E-state index in [-0.39, 0.29) is 7.43 Å². The molecule has 0 spiro atoms. The van der Waals surface area contributed by atoms with Crippen molar-refractivity contribution < 1.29 is 4.79 Å². The Bertz CT molecular complexity index is 97.2. The van der Waals surface area contributed by atoms with Crippen LogP contribution in [0.4, 0.5) is 0 Å². The van der Waals surface area contributed by atoms with Crippen LogP contribution in [0.15, 0.2) is 0 Å². The predicted octanol–water partition coefficient (Wildman–Crippen LogP) is 3.96. The van der Waals surface area contributed by atoms with Crippen LogP contribution in [0, 0.1) is 0 Å². The van der Waals surface area contributed by atoms with Gasteiger partial charge in [-0.1, -0.05) is 47.0 Å². The summed E-state index contributed by atoms with van der Waals surface area (Å²) in [6.07, 6.45) is 7.76. The van der Waals surface area contributed by atoms with Gasteiger partial charge in [0.2, 0.25) is 0 Å². The van der Waals surface area contributed by atoms with Crippen molar-refractivity contribution >= 4 is 5.78 Å². The Morgan fingerprint density at radius 2 is 1.58 bits per heavy atom. The van der Waals surface area contributed by atoms with Crippen LogP contribution in [0.5, 0.6) is 0 Å². The van der Waals surface area contributed by atoms with Crippen molar-refractivity contribution in [3.8, 4) is 0 Å². The van der Waals surface area contributed by atoms with E-state index >= 15 is 0 Å². The quantitative estimate of drug-likeness (QED) is 0.531. The number of Topliss-reactive ketones (excluding diaryl/α,β-unsaturated/α-hetero) is 1. The normalized spacial score (nSPS) is 9.17. The van der Waals surface area contributed by atoms with Crippen LogP contribution >= 0.6 is 0 Å². The number of carbonyl (C=O) groups is 1. The maximum absolute atomic E-state index is 10.8. The Morgan fingerprint density at radius 3 is 2.08 bits per heavy atom. The molecule has 0 aromatic rings. The largest absolute Gasteiger partial charge is 0.300 e. The molecule has 0 saturated heterocycles. The molecule has 0 aliphatic carbocycles. The number of rotatable bonds is 7. The van der Waals surface area contributed by atoms with Gasteiger partial charge in [-0.25, -0.2) is 0 Å². The van der Waals surface area contributed by atoms with Crippen molar-refractivity contribution in [2.75, 3.05) is 0 Å². The molecule has 0 unspecified atom stereocenters. The maximum atomic E-state index is 10.8. The average molecular weight is 172 g/mol. The van der Waals surface area contributed by atoms with Crippen LogP contribution in [-0.2, 0) is 4.79 Å². The molecule has 0 atom stereocenters. The standard InChI is InChI=1S/C10H20O.CH4/c1-3-5-6-7-8-9-10(11)4-2;/h3-9H2,1-2H3;1H4. The van der Waals surface area contributed by atoms with Gasteiger partial charge in [-0.2, -0.15) is 0 Å². The second-order valence-electron chi connectivity index (χ2n) is 3.06. The molecule has 0 saturated carbocycles. The third-order valence-corrected chi connectivity index (χ3v) is 1.95. The second kappa shape index (κ2) is 10.7. The van der Waals surface area contributed by atoms with Crippen LogP contribution in [0.2, 0.25) is 0 Å². The van der Waals surface area contributed by atoms with Gasteiger partial charge in [0, 0.05) is 12.8 Å². The third kappa shape index (κ3) is 9.67. The minimum atomic E-state index is 0. The number of hydrogen-bond acceptors (Lipinski definition) is 1. The molecule has 0 aliphatic rings. The van der Waals surface area contributed by atoms with Gasteiger partial charge in [0.05, 0.1) is 0 Å². The number of unbranched alkanes of at least 4 members (excludes halogenated alkanes) is 4. The molecule has 0 rings (SSSR count). The first-order valence-electron chi connectivity index (χ1n) is 4.83. The van der Waals surface area contributed by atoms with E-state index in [4.69, 9.17) is 0 Å². The number of hydrogen-bond donors (Lipinski definition) is 0. The summed E-state index contributed by atoms with van der Waals surface area (Å²) in [5.41, 5.74) is 0. The molecule has 1 nitrogen and oxygen atoms in total. The molecule has 1 heteroatoms. The van der Waals surface area contributed by atoms with Crippen molar-refractivity contribution in [3.05, 3.63) is 0 Å². The summed E-state index contributed by atoms with van der Waals surface area (Å²) < 4.78 is 0. The predicted molar refractivity (Wildman–Crippen MR) is 55.4 cm³/mol. The van der Waals surface area contributed by atoms with Crippen molar-refractivity contribution in [2.45, 2.75) is 66.2 Å². The lowest BCUT2D eigenvalue weighted by atomic mass is 10.1. The van der Waals surface area contributed by atoms with E-state index in [2.05, 4.69) is 6.92 Å². The highest BCUT2D eigenvalue weighted by atomic mass is 16.1. The van der Waals surface area contributed by atoms with E-state index < -0.39 is 0 Å². The van der Waals surface area contributed by atoms with Crippen LogP contribution < -0.4 is 0 Å². The van der Waals surface area contributed by atoms with Gasteiger partial charge in [-0.05, 0) is 6.42 Å². The smallest absolute Gasteiger partial charge is 0.132 e. The molecule has 74 valence electrons. The van der Waals surface area contributed by atoms with Crippen molar-refractivity contribution in [3.63, 3.8) is 0 Å². The molecule has 0 fully saturated rings. The fraction of sp³-hybridized carbons (Fsp3) is 0.909. The Morgan fingerprint density at radius 1 is 1.00 bits per heavy atom. The zero-order valence-corrected chi connectivity index (χ0v) is 7.86. The van der Waals surface area contributed by atoms with Crippen molar-refractivity contribution in [1.29, 1.82) is 0 Å². The van der Waals surface area contributed by atoms with Crippen molar-refractivity contribution in [2.24, 2.45) is 0 Å². The highest BCUT2D eigenvalue weighted by molar-refractivity contribution is 5.77. The summed E-state index contributed by atoms with van der Waals surface area (Å²) >= 11 is 0. The third-order valence-electron chi connectivity index (χ3n) is 1.95. The fourth-order valence-electron chi connectivity index (χ4n) is 1.10. The van der Waals surface area contributed by atoms with E-state index in [0.29, 0.717) is 12.2 Å². The van der Waals surface area contributed by atoms with Crippen molar-refractivity contribution in [1.82, 2.24) is 0 Å². The molecule has 0 bridgehead atoms. The molecule has 0 heterocycles. The first kappa shape index (κ1) is 14.2. The van der Waals surface area contributed by atoms with E-state index in [1.165, 1.54) is 25.7 Å². The Hall–Kier alpha value is -0.330. The Kier molecular flexibility index (Phi) is 12.6. The van der Waals surface area contributed by atoms with Crippen LogP contribution in [0.1, 0.15) is 66.2 Å². The zero-order valence-electron chi connectivity index (χ0n) is 7.86. The van der Waals surface area contributed by atoms with E-state index in [1.54, 1.807) is 0 Å². The number of carbonyl (C=O) groups excluding carboxylic acids is 1. The summed E-state index contributed by atoms with van der Waals surface area (Å²) in [6.45, 7) is 4.14. The van der Waals surface area contributed by atoms with Gasteiger partial charge in [0.25, 0.3) is 0 Å². The minimum absolute atomic E-state index is 0. The van der Waals surface area contributed by atoms with Gasteiger partial charge in [0.15, 0.2) is 0 Å². The van der Waals surface area contributed by atoms with E-state index in [0.717, 1.165) is 12.8 Å². The number of ketones is 1. The summed E-state index contributed by atoms with van der Waals surface area (Å²) in [5, 5.41) is 0. The highest BCUT2D eigenvalue weighted by Gasteiger charge is 1.96. The lowest BCUT2D eigenvalue weighted by Gasteiger charge is -1.97. The molecule has 0 amide bonds. The fourth-order valence-corrected chi connectivity index (χ4v) is 1.10. The molecule has 0 aromatic heterocycles. The molecule has 0 aliphatic heterocycles. The maximum Gasteiger partial charge on any atom is 0.132 e. The summed E-state index contributed by atoms with van der Waals surface area (Å²) in [6, 6.07) is 0. The topological polar surface area (TPSA) is 17.1 Å². The summed E-state index contributed by atoms with van der Waals surface area (Å²) in [5.74, 6) is 0.418. The van der Waals surface area contributed by atoms with Gasteiger partial charge < -0.3 is 0 Å². The molecular formula is C11H24O. The lowest BCUT2D eigenvalue weighted by Crippen LogP contribution is -1.93. The van der Waals surface area contributed by atoms with Gasteiger partial charge in [0.1, 0.15) is 5.78 Å². The van der Waals surface area contributed by atoms with Gasteiger partial charge in [-0.3, -0.25) is 4.79 Å². The van der Waals surface area contributed by atoms with Gasteiger partial charge in [-0.15, -0.1) is 0 Å². The first-order chi connectivity index (χ1) is 5.31. The highest BCUT2D eigenvalue weighted by Crippen LogP contribution is 2.05. The summed E-state index contributed by atoms with van der Waals surface area (Å²) in [4.78, 5) is 10.8. The van der Waals surface area contributed by atoms with Gasteiger partial charge >= 0.3 is 0 Å². The molecule has 0 N–H and O–H groups in total. The molecule has 0 radical (unpaired) electrons.